The molecule has 3 heteroatoms. The number of ether oxygens (including phenoxy) is 2. The zero-order valence-corrected chi connectivity index (χ0v) is 12.5. The van der Waals surface area contributed by atoms with E-state index in [1.165, 1.54) is 10.6 Å². The van der Waals surface area contributed by atoms with Crippen molar-refractivity contribution in [2.45, 2.75) is 0 Å². The molecule has 0 radical (unpaired) electrons. The first kappa shape index (κ1) is 14.2. The zero-order valence-electron chi connectivity index (χ0n) is 11.5. The molecular formula is C16H21O2P. The molecular weight excluding hydrogens is 255 g/mol. The van der Waals surface area contributed by atoms with Crippen LogP contribution in [0.5, 0.6) is 0 Å². The molecule has 2 aromatic carbocycles. The van der Waals surface area contributed by atoms with E-state index in [-0.39, 0.29) is 0 Å². The Labute approximate surface area is 115 Å². The van der Waals surface area contributed by atoms with E-state index in [1.807, 2.05) is 12.1 Å². The Morgan fingerprint density at radius 1 is 0.684 bits per heavy atom. The first-order valence-electron chi connectivity index (χ1n) is 6.42. The Kier molecular flexibility index (Phi) is 5.09. The van der Waals surface area contributed by atoms with Gasteiger partial charge in [0.1, 0.15) is 0 Å². The van der Waals surface area contributed by atoms with Crippen LogP contribution in [0, 0.1) is 0 Å². The van der Waals surface area contributed by atoms with Gasteiger partial charge in [-0.05, 0) is 0 Å². The van der Waals surface area contributed by atoms with Crippen molar-refractivity contribution in [1.82, 2.24) is 0 Å². The fraction of sp³-hybridized carbons (Fsp3) is 0.250. The summed E-state index contributed by atoms with van der Waals surface area (Å²) < 4.78 is 11.1. The van der Waals surface area contributed by atoms with E-state index >= 15 is 0 Å². The average molecular weight is 276 g/mol. The van der Waals surface area contributed by atoms with E-state index in [1.54, 1.807) is 14.2 Å². The van der Waals surface area contributed by atoms with Gasteiger partial charge in [0.2, 0.25) is 0 Å². The summed E-state index contributed by atoms with van der Waals surface area (Å²) in [5, 5.41) is 2.70. The Bertz CT molecular complexity index is 437. The number of rotatable bonds is 6. The maximum atomic E-state index is 5.55. The van der Waals surface area contributed by atoms with Gasteiger partial charge >= 0.3 is 115 Å². The molecule has 19 heavy (non-hydrogen) atoms. The third-order valence-electron chi connectivity index (χ3n) is 3.43. The molecule has 0 unspecified atom stereocenters. The predicted octanol–water partition coefficient (Wildman–Crippen LogP) is 2.60. The molecule has 0 atom stereocenters. The van der Waals surface area contributed by atoms with Crippen molar-refractivity contribution in [2.24, 2.45) is 0 Å². The summed E-state index contributed by atoms with van der Waals surface area (Å²) in [6.07, 6.45) is 1.46. The van der Waals surface area contributed by atoms with Crippen LogP contribution in [0.4, 0.5) is 0 Å². The SMILES string of the molecule is COC[PH](COC)(c1ccccc1)c1ccccc1. The zero-order chi connectivity index (χ0) is 13.6. The van der Waals surface area contributed by atoms with Crippen molar-refractivity contribution in [1.29, 1.82) is 0 Å². The van der Waals surface area contributed by atoms with Gasteiger partial charge in [-0.1, -0.05) is 0 Å². The van der Waals surface area contributed by atoms with Crippen LogP contribution in [0.1, 0.15) is 0 Å². The van der Waals surface area contributed by atoms with Crippen LogP contribution in [0.2, 0.25) is 0 Å². The monoisotopic (exact) mass is 276 g/mol. The minimum absolute atomic E-state index is 0.731. The normalized spacial score (nSPS) is 12.3. The molecule has 2 nitrogen and oxygen atoms in total. The van der Waals surface area contributed by atoms with Crippen LogP contribution in [-0.4, -0.2) is 26.9 Å². The summed E-state index contributed by atoms with van der Waals surface area (Å²) >= 11 is 0. The standard InChI is InChI=1S/C16H21O2P/c1-17-13-19(14-18-2,15-9-5-3-6-10-15)16-11-7-4-8-12-16/h3-12,19H,13-14H2,1-2H3. The van der Waals surface area contributed by atoms with E-state index in [9.17, 15) is 0 Å². The molecule has 0 spiro atoms. The summed E-state index contributed by atoms with van der Waals surface area (Å²) in [6.45, 7) is 0. The van der Waals surface area contributed by atoms with Crippen molar-refractivity contribution in [3.63, 3.8) is 0 Å². The molecule has 0 N–H and O–H groups in total. The van der Waals surface area contributed by atoms with Gasteiger partial charge in [0, 0.05) is 0 Å². The topological polar surface area (TPSA) is 18.5 Å². The van der Waals surface area contributed by atoms with E-state index in [0.717, 1.165) is 12.7 Å². The predicted molar refractivity (Wildman–Crippen MR) is 84.2 cm³/mol. The van der Waals surface area contributed by atoms with Gasteiger partial charge in [0.05, 0.1) is 0 Å². The number of hydrogen-bond donors (Lipinski definition) is 0. The molecule has 0 aromatic heterocycles. The molecule has 0 heterocycles. The average Bonchev–Trinajstić information content (AvgIpc) is 2.49. The molecule has 0 aliphatic heterocycles. The molecule has 0 saturated carbocycles. The Morgan fingerprint density at radius 2 is 1.05 bits per heavy atom. The number of hydrogen-bond acceptors (Lipinski definition) is 2. The van der Waals surface area contributed by atoms with Crippen molar-refractivity contribution in [2.75, 3.05) is 26.9 Å². The van der Waals surface area contributed by atoms with Crippen LogP contribution in [-0.2, 0) is 9.47 Å². The number of benzene rings is 2. The van der Waals surface area contributed by atoms with Crippen molar-refractivity contribution < 1.29 is 9.47 Å². The van der Waals surface area contributed by atoms with Crippen LogP contribution >= 0.6 is 7.26 Å². The first-order chi connectivity index (χ1) is 9.33. The molecule has 0 aliphatic rings. The molecule has 0 saturated heterocycles. The first-order valence-corrected chi connectivity index (χ1v) is 8.84. The van der Waals surface area contributed by atoms with Crippen molar-refractivity contribution in [3.05, 3.63) is 60.7 Å². The molecule has 2 aromatic rings. The van der Waals surface area contributed by atoms with Gasteiger partial charge in [0.15, 0.2) is 0 Å². The summed E-state index contributed by atoms with van der Waals surface area (Å²) in [6, 6.07) is 21.2. The number of methoxy groups -OCH3 is 2. The third kappa shape index (κ3) is 3.03. The van der Waals surface area contributed by atoms with Gasteiger partial charge in [-0.25, -0.2) is 0 Å². The van der Waals surface area contributed by atoms with Gasteiger partial charge in [0.25, 0.3) is 0 Å². The van der Waals surface area contributed by atoms with Gasteiger partial charge in [-0.2, -0.15) is 0 Å². The van der Waals surface area contributed by atoms with Crippen LogP contribution < -0.4 is 10.6 Å². The molecule has 0 bridgehead atoms. The molecule has 0 fully saturated rings. The summed E-state index contributed by atoms with van der Waals surface area (Å²) in [5.41, 5.74) is 0. The molecule has 0 aliphatic carbocycles. The fourth-order valence-corrected chi connectivity index (χ4v) is 6.28. The second-order valence-electron chi connectivity index (χ2n) is 4.68. The molecule has 0 amide bonds. The Balaban J connectivity index is 2.54. The maximum absolute atomic E-state index is 5.55. The van der Waals surface area contributed by atoms with E-state index in [4.69, 9.17) is 9.47 Å². The fourth-order valence-electron chi connectivity index (χ4n) is 2.55. The third-order valence-corrected chi connectivity index (χ3v) is 7.87. The minimum atomic E-state index is -1.99. The Hall–Kier alpha value is -1.21. The molecule has 2 rings (SSSR count). The van der Waals surface area contributed by atoms with Crippen LogP contribution in [0.3, 0.4) is 0 Å². The quantitative estimate of drug-likeness (QED) is 0.755. The molecule has 102 valence electrons. The van der Waals surface area contributed by atoms with Gasteiger partial charge in [-0.15, -0.1) is 0 Å². The van der Waals surface area contributed by atoms with E-state index in [0.29, 0.717) is 0 Å². The summed E-state index contributed by atoms with van der Waals surface area (Å²) in [7, 11) is 1.54. The van der Waals surface area contributed by atoms with Crippen LogP contribution in [0.15, 0.2) is 60.7 Å². The van der Waals surface area contributed by atoms with Gasteiger partial charge < -0.3 is 0 Å². The van der Waals surface area contributed by atoms with E-state index < -0.39 is 7.26 Å². The van der Waals surface area contributed by atoms with Crippen LogP contribution in [0.25, 0.3) is 0 Å². The summed E-state index contributed by atoms with van der Waals surface area (Å²) in [5.74, 6) is 0. The Morgan fingerprint density at radius 3 is 1.37 bits per heavy atom. The second-order valence-corrected chi connectivity index (χ2v) is 8.58. The second kappa shape index (κ2) is 6.81. The van der Waals surface area contributed by atoms with Crippen molar-refractivity contribution >= 4 is 17.9 Å². The van der Waals surface area contributed by atoms with Crippen molar-refractivity contribution in [3.8, 4) is 0 Å². The summed E-state index contributed by atoms with van der Waals surface area (Å²) in [4.78, 5) is 0. The van der Waals surface area contributed by atoms with E-state index in [2.05, 4.69) is 48.5 Å². The van der Waals surface area contributed by atoms with Gasteiger partial charge in [-0.3, -0.25) is 0 Å².